The molecule has 0 radical (unpaired) electrons. The van der Waals surface area contributed by atoms with Crippen LogP contribution >= 0.6 is 11.6 Å². The first-order chi connectivity index (χ1) is 7.18. The molecule has 0 fully saturated rings. The smallest absolute Gasteiger partial charge is 0.224 e. The molecule has 1 rings (SSSR count). The second kappa shape index (κ2) is 6.58. The van der Waals surface area contributed by atoms with Crippen molar-refractivity contribution in [2.75, 3.05) is 32.5 Å². The Morgan fingerprint density at radius 1 is 1.40 bits per heavy atom. The van der Waals surface area contributed by atoms with E-state index < -0.39 is 0 Å². The minimum absolute atomic E-state index is 0.285. The molecule has 0 aromatic carbocycles. The molecule has 1 aromatic rings. The fourth-order valence-corrected chi connectivity index (χ4v) is 1.35. The molecule has 4 nitrogen and oxygen atoms in total. The fraction of sp³-hybridized carbons (Fsp3) is 0.600. The number of aromatic nitrogens is 2. The third-order valence-electron chi connectivity index (χ3n) is 1.96. The van der Waals surface area contributed by atoms with Gasteiger partial charge in [-0.3, -0.25) is 0 Å². The van der Waals surface area contributed by atoms with Crippen molar-refractivity contribution in [2.24, 2.45) is 0 Å². The Bertz CT molecular complexity index is 291. The minimum atomic E-state index is 0.285. The second-order valence-electron chi connectivity index (χ2n) is 3.65. The summed E-state index contributed by atoms with van der Waals surface area (Å²) in [5.41, 5.74) is 0. The third-order valence-corrected chi connectivity index (χ3v) is 2.15. The maximum Gasteiger partial charge on any atom is 0.224 e. The number of halogens is 1. The van der Waals surface area contributed by atoms with E-state index in [0.717, 1.165) is 25.3 Å². The molecule has 0 aliphatic carbocycles. The normalized spacial score (nSPS) is 10.7. The summed E-state index contributed by atoms with van der Waals surface area (Å²) in [6.45, 7) is 2.04. The highest BCUT2D eigenvalue weighted by atomic mass is 35.5. The van der Waals surface area contributed by atoms with Crippen LogP contribution in [-0.2, 0) is 0 Å². The Balaban J connectivity index is 2.15. The van der Waals surface area contributed by atoms with Gasteiger partial charge in [0.2, 0.25) is 5.28 Å². The molecule has 1 N–H and O–H groups in total. The highest BCUT2D eigenvalue weighted by Gasteiger charge is 1.95. The SMILES string of the molecule is CN(C)CCCCNc1ccnc(Cl)n1. The Labute approximate surface area is 95.7 Å². The van der Waals surface area contributed by atoms with E-state index >= 15 is 0 Å². The molecule has 84 valence electrons. The molecular weight excluding hydrogens is 212 g/mol. The van der Waals surface area contributed by atoms with Gasteiger partial charge in [0, 0.05) is 12.7 Å². The Hall–Kier alpha value is -0.870. The van der Waals surface area contributed by atoms with Crippen molar-refractivity contribution in [2.45, 2.75) is 12.8 Å². The molecule has 0 unspecified atom stereocenters. The van der Waals surface area contributed by atoms with Gasteiger partial charge < -0.3 is 10.2 Å². The first kappa shape index (κ1) is 12.2. The fourth-order valence-electron chi connectivity index (χ4n) is 1.20. The summed E-state index contributed by atoms with van der Waals surface area (Å²) < 4.78 is 0. The summed E-state index contributed by atoms with van der Waals surface area (Å²) in [5, 5.41) is 3.49. The van der Waals surface area contributed by atoms with E-state index in [4.69, 9.17) is 11.6 Å². The van der Waals surface area contributed by atoms with Crippen molar-refractivity contribution in [3.63, 3.8) is 0 Å². The van der Waals surface area contributed by atoms with E-state index in [0.29, 0.717) is 0 Å². The molecule has 0 bridgehead atoms. The van der Waals surface area contributed by atoms with Gasteiger partial charge in [0.25, 0.3) is 0 Å². The van der Waals surface area contributed by atoms with Crippen LogP contribution in [0, 0.1) is 0 Å². The quantitative estimate of drug-likeness (QED) is 0.596. The molecule has 15 heavy (non-hydrogen) atoms. The predicted octanol–water partition coefficient (Wildman–Crippen LogP) is 1.88. The first-order valence-corrected chi connectivity index (χ1v) is 5.43. The van der Waals surface area contributed by atoms with Crippen LogP contribution in [-0.4, -0.2) is 42.1 Å². The van der Waals surface area contributed by atoms with E-state index in [9.17, 15) is 0 Å². The summed E-state index contributed by atoms with van der Waals surface area (Å²) in [6, 6.07) is 1.82. The lowest BCUT2D eigenvalue weighted by Crippen LogP contribution is -2.14. The van der Waals surface area contributed by atoms with Crippen molar-refractivity contribution in [3.8, 4) is 0 Å². The van der Waals surface area contributed by atoms with Gasteiger partial charge in [0.15, 0.2) is 0 Å². The lowest BCUT2D eigenvalue weighted by atomic mass is 10.3. The Kier molecular flexibility index (Phi) is 5.36. The van der Waals surface area contributed by atoms with E-state index in [1.54, 1.807) is 6.20 Å². The van der Waals surface area contributed by atoms with Crippen LogP contribution in [0.4, 0.5) is 5.82 Å². The zero-order valence-electron chi connectivity index (χ0n) is 9.20. The minimum Gasteiger partial charge on any atom is -0.370 e. The van der Waals surface area contributed by atoms with Gasteiger partial charge in [-0.25, -0.2) is 9.97 Å². The molecule has 1 heterocycles. The average Bonchev–Trinajstić information content (AvgIpc) is 2.17. The number of nitrogens with one attached hydrogen (secondary N) is 1. The molecule has 0 atom stereocenters. The van der Waals surface area contributed by atoms with E-state index in [1.165, 1.54) is 6.42 Å². The van der Waals surface area contributed by atoms with Crippen molar-refractivity contribution in [1.82, 2.24) is 14.9 Å². The lowest BCUT2D eigenvalue weighted by Gasteiger charge is -2.09. The molecular formula is C10H17ClN4. The second-order valence-corrected chi connectivity index (χ2v) is 3.99. The highest BCUT2D eigenvalue weighted by Crippen LogP contribution is 2.05. The van der Waals surface area contributed by atoms with Crippen molar-refractivity contribution >= 4 is 17.4 Å². The van der Waals surface area contributed by atoms with Crippen molar-refractivity contribution in [1.29, 1.82) is 0 Å². The summed E-state index contributed by atoms with van der Waals surface area (Å²) >= 11 is 5.66. The van der Waals surface area contributed by atoms with Gasteiger partial charge in [0.05, 0.1) is 0 Å². The van der Waals surface area contributed by atoms with Crippen LogP contribution in [0.3, 0.4) is 0 Å². The Morgan fingerprint density at radius 2 is 2.20 bits per heavy atom. The Morgan fingerprint density at radius 3 is 2.87 bits per heavy atom. The maximum absolute atomic E-state index is 5.66. The van der Waals surface area contributed by atoms with Crippen LogP contribution < -0.4 is 5.32 Å². The molecule has 0 aliphatic rings. The zero-order chi connectivity index (χ0) is 11.1. The molecule has 0 aliphatic heterocycles. The largest absolute Gasteiger partial charge is 0.370 e. The first-order valence-electron chi connectivity index (χ1n) is 5.05. The summed E-state index contributed by atoms with van der Waals surface area (Å²) in [5.74, 6) is 0.792. The lowest BCUT2D eigenvalue weighted by molar-refractivity contribution is 0.396. The number of rotatable bonds is 6. The molecule has 0 amide bonds. The van der Waals surface area contributed by atoms with Gasteiger partial charge >= 0.3 is 0 Å². The van der Waals surface area contributed by atoms with Crippen molar-refractivity contribution in [3.05, 3.63) is 17.5 Å². The van der Waals surface area contributed by atoms with Gasteiger partial charge in [-0.2, -0.15) is 0 Å². The molecule has 0 saturated carbocycles. The number of unbranched alkanes of at least 4 members (excludes halogenated alkanes) is 1. The number of anilines is 1. The maximum atomic E-state index is 5.66. The van der Waals surface area contributed by atoms with Crippen molar-refractivity contribution < 1.29 is 0 Å². The molecule has 1 aromatic heterocycles. The average molecular weight is 229 g/mol. The predicted molar refractivity (Wildman–Crippen MR) is 63.3 cm³/mol. The molecule has 0 saturated heterocycles. The standard InChI is InChI=1S/C10H17ClN4/c1-15(2)8-4-3-6-12-9-5-7-13-10(11)14-9/h5,7H,3-4,6,8H2,1-2H3,(H,12,13,14). The summed E-state index contributed by atoms with van der Waals surface area (Å²) in [4.78, 5) is 10.0. The van der Waals surface area contributed by atoms with Gasteiger partial charge in [-0.15, -0.1) is 0 Å². The molecule has 5 heteroatoms. The number of hydrogen-bond donors (Lipinski definition) is 1. The van der Waals surface area contributed by atoms with E-state index in [2.05, 4.69) is 34.3 Å². The molecule has 0 spiro atoms. The summed E-state index contributed by atoms with van der Waals surface area (Å²) in [7, 11) is 4.16. The third kappa shape index (κ3) is 5.54. The van der Waals surface area contributed by atoms with Gasteiger partial charge in [-0.05, 0) is 51.1 Å². The van der Waals surface area contributed by atoms with Crippen LogP contribution in [0.15, 0.2) is 12.3 Å². The number of hydrogen-bond acceptors (Lipinski definition) is 4. The van der Waals surface area contributed by atoms with Gasteiger partial charge in [-0.1, -0.05) is 0 Å². The zero-order valence-corrected chi connectivity index (χ0v) is 9.96. The summed E-state index contributed by atoms with van der Waals surface area (Å²) in [6.07, 6.45) is 3.95. The van der Waals surface area contributed by atoms with E-state index in [-0.39, 0.29) is 5.28 Å². The topological polar surface area (TPSA) is 41.0 Å². The van der Waals surface area contributed by atoms with Gasteiger partial charge in [0.1, 0.15) is 5.82 Å². The van der Waals surface area contributed by atoms with E-state index in [1.807, 2.05) is 6.07 Å². The van der Waals surface area contributed by atoms with Crippen LogP contribution in [0.5, 0.6) is 0 Å². The monoisotopic (exact) mass is 228 g/mol. The van der Waals surface area contributed by atoms with Crippen LogP contribution in [0.1, 0.15) is 12.8 Å². The van der Waals surface area contributed by atoms with Crippen LogP contribution in [0.25, 0.3) is 0 Å². The number of nitrogens with zero attached hydrogens (tertiary/aromatic N) is 3. The van der Waals surface area contributed by atoms with Crippen LogP contribution in [0.2, 0.25) is 5.28 Å². The highest BCUT2D eigenvalue weighted by molar-refractivity contribution is 6.28.